The van der Waals surface area contributed by atoms with Crippen molar-refractivity contribution in [3.05, 3.63) is 23.8 Å². The lowest BCUT2D eigenvalue weighted by molar-refractivity contribution is 0.0949. The summed E-state index contributed by atoms with van der Waals surface area (Å²) >= 11 is 0. The maximum Gasteiger partial charge on any atom is 0.253 e. The zero-order chi connectivity index (χ0) is 14.5. The molecule has 0 aliphatic carbocycles. The van der Waals surface area contributed by atoms with Gasteiger partial charge in [0.2, 0.25) is 0 Å². The minimum Gasteiger partial charge on any atom is -0.382 e. The molecule has 1 amide bonds. The number of benzene rings is 1. The Morgan fingerprint density at radius 2 is 2.10 bits per heavy atom. The van der Waals surface area contributed by atoms with Gasteiger partial charge in [-0.2, -0.15) is 0 Å². The average molecular weight is 276 g/mol. The molecule has 0 saturated heterocycles. The second-order valence-corrected chi connectivity index (χ2v) is 5.41. The van der Waals surface area contributed by atoms with Gasteiger partial charge in [-0.15, -0.1) is 0 Å². The number of nitrogens with one attached hydrogen (secondary N) is 3. The number of fused-ring (bicyclic) bond motifs is 1. The maximum absolute atomic E-state index is 12.3. The van der Waals surface area contributed by atoms with Crippen LogP contribution in [0.3, 0.4) is 0 Å². The van der Waals surface area contributed by atoms with Gasteiger partial charge in [-0.1, -0.05) is 6.07 Å². The molecule has 0 bridgehead atoms. The standard InChI is InChI=1S/C15H24N4O/c1-11(2)19(3)10-9-18-15(20)12-5-4-6-13-14(12)17-8-7-16-13/h4-6,11,16-17H,7-10H2,1-3H3,(H,18,20). The van der Waals surface area contributed by atoms with Gasteiger partial charge in [-0.25, -0.2) is 0 Å². The summed E-state index contributed by atoms with van der Waals surface area (Å²) in [7, 11) is 2.06. The van der Waals surface area contributed by atoms with Gasteiger partial charge in [0.15, 0.2) is 0 Å². The molecule has 0 aromatic heterocycles. The fraction of sp³-hybridized carbons (Fsp3) is 0.533. The largest absolute Gasteiger partial charge is 0.382 e. The average Bonchev–Trinajstić information content (AvgIpc) is 2.46. The van der Waals surface area contributed by atoms with Crippen molar-refractivity contribution in [3.63, 3.8) is 0 Å². The molecule has 1 aliphatic heterocycles. The van der Waals surface area contributed by atoms with Crippen LogP contribution in [0.5, 0.6) is 0 Å². The summed E-state index contributed by atoms with van der Waals surface area (Å²) in [6, 6.07) is 6.25. The Labute approximate surface area is 120 Å². The summed E-state index contributed by atoms with van der Waals surface area (Å²) in [4.78, 5) is 14.5. The van der Waals surface area contributed by atoms with E-state index in [4.69, 9.17) is 0 Å². The molecule has 0 atom stereocenters. The number of likely N-dealkylation sites (N-methyl/N-ethyl adjacent to an activating group) is 1. The minimum absolute atomic E-state index is 0.0183. The Morgan fingerprint density at radius 3 is 2.85 bits per heavy atom. The second-order valence-electron chi connectivity index (χ2n) is 5.41. The van der Waals surface area contributed by atoms with E-state index in [-0.39, 0.29) is 5.91 Å². The fourth-order valence-electron chi connectivity index (χ4n) is 2.16. The van der Waals surface area contributed by atoms with E-state index in [1.165, 1.54) is 0 Å². The Kier molecular flexibility index (Phi) is 4.84. The van der Waals surface area contributed by atoms with Crippen LogP contribution in [0.15, 0.2) is 18.2 Å². The van der Waals surface area contributed by atoms with Gasteiger partial charge in [0, 0.05) is 32.2 Å². The highest BCUT2D eigenvalue weighted by Crippen LogP contribution is 2.28. The first-order valence-electron chi connectivity index (χ1n) is 7.19. The molecule has 1 aromatic rings. The number of para-hydroxylation sites is 1. The Bertz CT molecular complexity index is 473. The molecule has 110 valence electrons. The van der Waals surface area contributed by atoms with Crippen LogP contribution in [0.1, 0.15) is 24.2 Å². The van der Waals surface area contributed by atoms with Crippen molar-refractivity contribution < 1.29 is 4.79 Å². The highest BCUT2D eigenvalue weighted by molar-refractivity contribution is 6.02. The molecule has 0 spiro atoms. The summed E-state index contributed by atoms with van der Waals surface area (Å²) in [6.45, 7) is 7.52. The summed E-state index contributed by atoms with van der Waals surface area (Å²) in [5.41, 5.74) is 2.62. The van der Waals surface area contributed by atoms with E-state index in [0.29, 0.717) is 18.2 Å². The van der Waals surface area contributed by atoms with Crippen molar-refractivity contribution in [2.45, 2.75) is 19.9 Å². The first-order valence-corrected chi connectivity index (χ1v) is 7.19. The molecule has 1 aromatic carbocycles. The maximum atomic E-state index is 12.3. The van der Waals surface area contributed by atoms with Gasteiger partial charge in [-0.3, -0.25) is 4.79 Å². The predicted octanol–water partition coefficient (Wildman–Crippen LogP) is 1.59. The number of anilines is 2. The minimum atomic E-state index is -0.0183. The highest BCUT2D eigenvalue weighted by atomic mass is 16.1. The van der Waals surface area contributed by atoms with Gasteiger partial charge >= 0.3 is 0 Å². The highest BCUT2D eigenvalue weighted by Gasteiger charge is 2.16. The SMILES string of the molecule is CC(C)N(C)CCNC(=O)c1cccc2c1NCCN2. The Morgan fingerprint density at radius 1 is 1.35 bits per heavy atom. The molecule has 1 aliphatic rings. The second kappa shape index (κ2) is 6.61. The van der Waals surface area contributed by atoms with E-state index in [2.05, 4.69) is 41.7 Å². The zero-order valence-corrected chi connectivity index (χ0v) is 12.5. The Balaban J connectivity index is 1.96. The van der Waals surface area contributed by atoms with Crippen molar-refractivity contribution >= 4 is 17.3 Å². The van der Waals surface area contributed by atoms with Gasteiger partial charge in [0.25, 0.3) is 5.91 Å². The molecule has 2 rings (SSSR count). The number of nitrogens with zero attached hydrogens (tertiary/aromatic N) is 1. The van der Waals surface area contributed by atoms with Crippen LogP contribution in [-0.2, 0) is 0 Å². The van der Waals surface area contributed by atoms with E-state index in [9.17, 15) is 4.79 Å². The third kappa shape index (κ3) is 3.42. The molecule has 1 heterocycles. The first-order chi connectivity index (χ1) is 9.59. The normalized spacial score (nSPS) is 13.7. The molecular formula is C15H24N4O. The lowest BCUT2D eigenvalue weighted by Gasteiger charge is -2.23. The molecule has 0 fully saturated rings. The van der Waals surface area contributed by atoms with Crippen molar-refractivity contribution in [2.24, 2.45) is 0 Å². The first kappa shape index (κ1) is 14.7. The number of hydrogen-bond acceptors (Lipinski definition) is 4. The number of amides is 1. The molecule has 0 unspecified atom stereocenters. The molecule has 20 heavy (non-hydrogen) atoms. The van der Waals surface area contributed by atoms with Crippen LogP contribution in [0.2, 0.25) is 0 Å². The Hall–Kier alpha value is -1.75. The topological polar surface area (TPSA) is 56.4 Å². The molecule has 5 nitrogen and oxygen atoms in total. The van der Waals surface area contributed by atoms with Crippen molar-refractivity contribution in [3.8, 4) is 0 Å². The van der Waals surface area contributed by atoms with Crippen molar-refractivity contribution in [2.75, 3.05) is 43.9 Å². The fourth-order valence-corrected chi connectivity index (χ4v) is 2.16. The van der Waals surface area contributed by atoms with E-state index >= 15 is 0 Å². The smallest absolute Gasteiger partial charge is 0.253 e. The lowest BCUT2D eigenvalue weighted by Crippen LogP contribution is -2.36. The van der Waals surface area contributed by atoms with E-state index < -0.39 is 0 Å². The van der Waals surface area contributed by atoms with E-state index in [0.717, 1.165) is 31.0 Å². The number of carbonyl (C=O) groups excluding carboxylic acids is 1. The number of hydrogen-bond donors (Lipinski definition) is 3. The number of carbonyl (C=O) groups is 1. The third-order valence-electron chi connectivity index (χ3n) is 3.68. The van der Waals surface area contributed by atoms with Gasteiger partial charge in [0.05, 0.1) is 16.9 Å². The summed E-state index contributed by atoms with van der Waals surface area (Å²) in [5.74, 6) is -0.0183. The monoisotopic (exact) mass is 276 g/mol. The van der Waals surface area contributed by atoms with E-state index in [1.807, 2.05) is 18.2 Å². The summed E-state index contributed by atoms with van der Waals surface area (Å²) < 4.78 is 0. The summed E-state index contributed by atoms with van der Waals surface area (Å²) in [6.07, 6.45) is 0. The molecule has 3 N–H and O–H groups in total. The quantitative estimate of drug-likeness (QED) is 0.764. The van der Waals surface area contributed by atoms with Crippen LogP contribution in [0, 0.1) is 0 Å². The van der Waals surface area contributed by atoms with Crippen molar-refractivity contribution in [1.29, 1.82) is 0 Å². The van der Waals surface area contributed by atoms with E-state index in [1.54, 1.807) is 0 Å². The summed E-state index contributed by atoms with van der Waals surface area (Å²) in [5, 5.41) is 9.58. The van der Waals surface area contributed by atoms with Gasteiger partial charge < -0.3 is 20.9 Å². The van der Waals surface area contributed by atoms with Crippen molar-refractivity contribution in [1.82, 2.24) is 10.2 Å². The molecule has 0 saturated carbocycles. The van der Waals surface area contributed by atoms with Crippen LogP contribution in [0.4, 0.5) is 11.4 Å². The lowest BCUT2D eigenvalue weighted by atomic mass is 10.1. The third-order valence-corrected chi connectivity index (χ3v) is 3.68. The van der Waals surface area contributed by atoms with Crippen LogP contribution >= 0.6 is 0 Å². The zero-order valence-electron chi connectivity index (χ0n) is 12.5. The molecule has 0 radical (unpaired) electrons. The molecule has 5 heteroatoms. The number of rotatable bonds is 5. The molecular weight excluding hydrogens is 252 g/mol. The van der Waals surface area contributed by atoms with Crippen LogP contribution in [0.25, 0.3) is 0 Å². The van der Waals surface area contributed by atoms with Gasteiger partial charge in [0.1, 0.15) is 0 Å². The van der Waals surface area contributed by atoms with Crippen LogP contribution < -0.4 is 16.0 Å². The van der Waals surface area contributed by atoms with Crippen LogP contribution in [-0.4, -0.2) is 50.1 Å². The van der Waals surface area contributed by atoms with Gasteiger partial charge in [-0.05, 0) is 33.0 Å². The predicted molar refractivity (Wildman–Crippen MR) is 83.5 cm³/mol.